The maximum Gasteiger partial charge on any atom is 0.239 e. The zero-order valence-corrected chi connectivity index (χ0v) is 11.9. The monoisotopic (exact) mass is 266 g/mol. The summed E-state index contributed by atoms with van der Waals surface area (Å²) in [7, 11) is 3.54. The molecule has 19 heavy (non-hydrogen) atoms. The van der Waals surface area contributed by atoms with Crippen molar-refractivity contribution >= 4 is 11.9 Å². The van der Waals surface area contributed by atoms with Crippen molar-refractivity contribution in [1.82, 2.24) is 25.7 Å². The van der Waals surface area contributed by atoms with E-state index in [1.807, 2.05) is 27.0 Å². The minimum Gasteiger partial charge on any atom is -0.352 e. The van der Waals surface area contributed by atoms with E-state index in [0.29, 0.717) is 12.5 Å². The fourth-order valence-electron chi connectivity index (χ4n) is 1.51. The average molecular weight is 266 g/mol. The molecule has 0 unspecified atom stereocenters. The van der Waals surface area contributed by atoms with Crippen LogP contribution in [0.4, 0.5) is 0 Å². The number of rotatable bonds is 5. The van der Waals surface area contributed by atoms with Gasteiger partial charge >= 0.3 is 0 Å². The second-order valence-corrected chi connectivity index (χ2v) is 4.45. The van der Waals surface area contributed by atoms with Crippen molar-refractivity contribution in [3.05, 3.63) is 18.0 Å². The molecule has 0 saturated carbocycles. The van der Waals surface area contributed by atoms with E-state index in [1.54, 1.807) is 17.9 Å². The topological polar surface area (TPSA) is 83.3 Å². The number of aryl methyl sites for hydroxylation is 1. The van der Waals surface area contributed by atoms with Gasteiger partial charge in [-0.1, -0.05) is 0 Å². The number of carbonyl (C=O) groups excluding carboxylic acids is 1. The second-order valence-electron chi connectivity index (χ2n) is 4.45. The van der Waals surface area contributed by atoms with Gasteiger partial charge in [-0.25, -0.2) is 0 Å². The highest BCUT2D eigenvalue weighted by Crippen LogP contribution is 1.94. The van der Waals surface area contributed by atoms with Crippen molar-refractivity contribution in [2.24, 2.45) is 12.0 Å². The Morgan fingerprint density at radius 3 is 2.74 bits per heavy atom. The molecule has 0 bridgehead atoms. The molecule has 0 radical (unpaired) electrons. The summed E-state index contributed by atoms with van der Waals surface area (Å²) in [6.45, 7) is 4.64. The van der Waals surface area contributed by atoms with Crippen LogP contribution < -0.4 is 16.0 Å². The van der Waals surface area contributed by atoms with Crippen LogP contribution in [0.1, 0.15) is 19.5 Å². The molecular formula is C12H22N6O. The summed E-state index contributed by atoms with van der Waals surface area (Å²) in [5, 5.41) is 13.0. The molecule has 0 aliphatic carbocycles. The quantitative estimate of drug-likeness (QED) is 0.501. The van der Waals surface area contributed by atoms with E-state index in [-0.39, 0.29) is 18.5 Å². The van der Waals surface area contributed by atoms with Gasteiger partial charge in [0.15, 0.2) is 5.96 Å². The van der Waals surface area contributed by atoms with Crippen LogP contribution in [-0.2, 0) is 18.4 Å². The van der Waals surface area contributed by atoms with E-state index in [1.165, 1.54) is 0 Å². The highest BCUT2D eigenvalue weighted by Gasteiger charge is 2.05. The first-order valence-corrected chi connectivity index (χ1v) is 6.23. The van der Waals surface area contributed by atoms with Gasteiger partial charge in [0, 0.05) is 26.3 Å². The second kappa shape index (κ2) is 7.40. The number of hydrogen-bond donors (Lipinski definition) is 3. The van der Waals surface area contributed by atoms with E-state index in [9.17, 15) is 4.79 Å². The molecule has 1 amide bonds. The molecule has 1 rings (SSSR count). The Morgan fingerprint density at radius 1 is 1.47 bits per heavy atom. The van der Waals surface area contributed by atoms with Crippen LogP contribution in [0.25, 0.3) is 0 Å². The highest BCUT2D eigenvalue weighted by atomic mass is 16.1. The number of guanidine groups is 1. The number of aliphatic imine (C=N–C) groups is 1. The molecule has 0 aromatic carbocycles. The van der Waals surface area contributed by atoms with Gasteiger partial charge in [-0.2, -0.15) is 5.10 Å². The lowest BCUT2D eigenvalue weighted by Crippen LogP contribution is -2.44. The summed E-state index contributed by atoms with van der Waals surface area (Å²) in [5.74, 6) is 0.526. The van der Waals surface area contributed by atoms with E-state index < -0.39 is 0 Å². The van der Waals surface area contributed by atoms with Crippen LogP contribution in [0.15, 0.2) is 17.3 Å². The van der Waals surface area contributed by atoms with E-state index in [4.69, 9.17) is 0 Å². The number of nitrogens with one attached hydrogen (secondary N) is 3. The number of amides is 1. The van der Waals surface area contributed by atoms with Crippen molar-refractivity contribution in [3.63, 3.8) is 0 Å². The normalized spacial score (nSPS) is 11.5. The van der Waals surface area contributed by atoms with Crippen LogP contribution in [0.3, 0.4) is 0 Å². The Balaban J connectivity index is 2.35. The maximum atomic E-state index is 11.5. The van der Waals surface area contributed by atoms with Crippen LogP contribution in [0.2, 0.25) is 0 Å². The molecule has 0 spiro atoms. The molecule has 3 N–H and O–H groups in total. The minimum absolute atomic E-state index is 0.0570. The third-order valence-electron chi connectivity index (χ3n) is 2.45. The van der Waals surface area contributed by atoms with Crippen molar-refractivity contribution in [1.29, 1.82) is 0 Å². The predicted octanol–water partition coefficient (Wildman–Crippen LogP) is -0.390. The standard InChI is InChI=1S/C12H22N6O/c1-9(2)17-11(19)8-15-12(13-3)14-7-10-5-6-16-18(10)4/h5-6,9H,7-8H2,1-4H3,(H,17,19)(H2,13,14,15). The van der Waals surface area contributed by atoms with E-state index in [2.05, 4.69) is 26.0 Å². The van der Waals surface area contributed by atoms with Crippen LogP contribution in [0.5, 0.6) is 0 Å². The third-order valence-corrected chi connectivity index (χ3v) is 2.45. The molecule has 7 heteroatoms. The molecule has 0 aliphatic rings. The SMILES string of the molecule is CN=C(NCC(=O)NC(C)C)NCc1ccnn1C. The predicted molar refractivity (Wildman–Crippen MR) is 74.7 cm³/mol. The minimum atomic E-state index is -0.0570. The molecule has 7 nitrogen and oxygen atoms in total. The van der Waals surface area contributed by atoms with Crippen LogP contribution in [0, 0.1) is 0 Å². The number of nitrogens with zero attached hydrogens (tertiary/aromatic N) is 3. The maximum absolute atomic E-state index is 11.5. The van der Waals surface area contributed by atoms with Crippen molar-refractivity contribution < 1.29 is 4.79 Å². The Kier molecular flexibility index (Phi) is 5.84. The van der Waals surface area contributed by atoms with Gasteiger partial charge in [0.1, 0.15) is 0 Å². The summed E-state index contributed by atoms with van der Waals surface area (Å²) in [6, 6.07) is 2.06. The first-order valence-electron chi connectivity index (χ1n) is 6.23. The molecule has 0 atom stereocenters. The Bertz CT molecular complexity index is 437. The zero-order valence-electron chi connectivity index (χ0n) is 11.9. The van der Waals surface area contributed by atoms with Crippen molar-refractivity contribution in [3.8, 4) is 0 Å². The smallest absolute Gasteiger partial charge is 0.239 e. The molecule has 1 aromatic heterocycles. The highest BCUT2D eigenvalue weighted by molar-refractivity contribution is 5.86. The Labute approximate surface area is 113 Å². The summed E-state index contributed by atoms with van der Waals surface area (Å²) in [4.78, 5) is 15.5. The molecular weight excluding hydrogens is 244 g/mol. The molecule has 0 aliphatic heterocycles. The summed E-state index contributed by atoms with van der Waals surface area (Å²) >= 11 is 0. The lowest BCUT2D eigenvalue weighted by molar-refractivity contribution is -0.120. The molecule has 0 saturated heterocycles. The zero-order chi connectivity index (χ0) is 14.3. The number of hydrogen-bond acceptors (Lipinski definition) is 3. The molecule has 0 fully saturated rings. The molecule has 1 aromatic rings. The van der Waals surface area contributed by atoms with Gasteiger partial charge in [-0.3, -0.25) is 14.5 Å². The van der Waals surface area contributed by atoms with Crippen LogP contribution >= 0.6 is 0 Å². The lowest BCUT2D eigenvalue weighted by atomic mass is 10.4. The molecule has 106 valence electrons. The summed E-state index contributed by atoms with van der Waals surface area (Å²) in [5.41, 5.74) is 1.04. The Hall–Kier alpha value is -2.05. The van der Waals surface area contributed by atoms with E-state index in [0.717, 1.165) is 5.69 Å². The molecule has 1 heterocycles. The fourth-order valence-corrected chi connectivity index (χ4v) is 1.51. The first kappa shape index (κ1) is 15.0. The number of carbonyl (C=O) groups is 1. The van der Waals surface area contributed by atoms with E-state index >= 15 is 0 Å². The van der Waals surface area contributed by atoms with Crippen LogP contribution in [-0.4, -0.2) is 41.3 Å². The first-order chi connectivity index (χ1) is 9.02. The van der Waals surface area contributed by atoms with Gasteiger partial charge in [0.2, 0.25) is 5.91 Å². The summed E-state index contributed by atoms with van der Waals surface area (Å²) in [6.07, 6.45) is 1.74. The fraction of sp³-hybridized carbons (Fsp3) is 0.583. The average Bonchev–Trinajstić information content (AvgIpc) is 2.74. The number of aromatic nitrogens is 2. The van der Waals surface area contributed by atoms with Crippen molar-refractivity contribution in [2.75, 3.05) is 13.6 Å². The Morgan fingerprint density at radius 2 is 2.21 bits per heavy atom. The van der Waals surface area contributed by atoms with Gasteiger partial charge in [0.25, 0.3) is 0 Å². The lowest BCUT2D eigenvalue weighted by Gasteiger charge is -2.13. The van der Waals surface area contributed by atoms with Gasteiger partial charge in [-0.15, -0.1) is 0 Å². The third kappa shape index (κ3) is 5.41. The van der Waals surface area contributed by atoms with Gasteiger partial charge in [-0.05, 0) is 19.9 Å². The summed E-state index contributed by atoms with van der Waals surface area (Å²) < 4.78 is 1.78. The van der Waals surface area contributed by atoms with Gasteiger partial charge < -0.3 is 16.0 Å². The van der Waals surface area contributed by atoms with Gasteiger partial charge in [0.05, 0.1) is 18.8 Å². The van der Waals surface area contributed by atoms with Crippen molar-refractivity contribution in [2.45, 2.75) is 26.4 Å². The largest absolute Gasteiger partial charge is 0.352 e.